The van der Waals surface area contributed by atoms with Gasteiger partial charge in [0.05, 0.1) is 0 Å². The van der Waals surface area contributed by atoms with Crippen molar-refractivity contribution in [2.24, 2.45) is 11.8 Å². The highest BCUT2D eigenvalue weighted by Gasteiger charge is 2.65. The Morgan fingerprint density at radius 1 is 0.769 bits per heavy atom. The maximum Gasteiger partial charge on any atom is 0.195 e. The average molecular weight is 583 g/mol. The number of fused-ring (bicyclic) bond motifs is 2. The molecule has 0 aliphatic heterocycles. The molecule has 2 atom stereocenters. The van der Waals surface area contributed by atoms with Crippen molar-refractivity contribution in [3.05, 3.63) is 72.3 Å². The van der Waals surface area contributed by atoms with E-state index in [1.807, 2.05) is 60.7 Å². The average Bonchev–Trinajstić information content (AvgIpc) is 2.86. The van der Waals surface area contributed by atoms with E-state index < -0.39 is 29.6 Å². The van der Waals surface area contributed by atoms with E-state index in [1.54, 1.807) is 0 Å². The van der Waals surface area contributed by atoms with Gasteiger partial charge in [-0.15, -0.1) is 0 Å². The van der Waals surface area contributed by atoms with Crippen molar-refractivity contribution in [3.8, 4) is 0 Å². The predicted molar refractivity (Wildman–Crippen MR) is 173 cm³/mol. The normalized spacial score (nSPS) is 23.0. The van der Waals surface area contributed by atoms with Gasteiger partial charge in [-0.2, -0.15) is 0 Å². The van der Waals surface area contributed by atoms with Gasteiger partial charge in [0, 0.05) is 28.6 Å². The van der Waals surface area contributed by atoms with Crippen molar-refractivity contribution in [2.75, 3.05) is 6.16 Å². The number of hydrogen-bond donors (Lipinski definition) is 0. The van der Waals surface area contributed by atoms with Gasteiger partial charge in [0.2, 0.25) is 0 Å². The molecule has 0 heterocycles. The lowest BCUT2D eigenvalue weighted by Crippen LogP contribution is -2.69. The van der Waals surface area contributed by atoms with Crippen molar-refractivity contribution < 1.29 is 13.4 Å². The van der Waals surface area contributed by atoms with Gasteiger partial charge < -0.3 is 13.4 Å². The Morgan fingerprint density at radius 3 is 1.51 bits per heavy atom. The third kappa shape index (κ3) is 5.90. The van der Waals surface area contributed by atoms with Gasteiger partial charge in [-0.3, -0.25) is 0 Å². The highest BCUT2D eigenvalue weighted by atomic mass is 31.2. The van der Waals surface area contributed by atoms with Gasteiger partial charge in [-0.25, -0.2) is 0 Å². The molecule has 0 amide bonds. The van der Waals surface area contributed by atoms with E-state index in [1.165, 1.54) is 5.57 Å². The second-order valence-corrected chi connectivity index (χ2v) is 27.3. The fourth-order valence-electron chi connectivity index (χ4n) is 5.59. The Morgan fingerprint density at radius 2 is 1.15 bits per heavy atom. The van der Waals surface area contributed by atoms with Crippen molar-refractivity contribution in [1.29, 1.82) is 0 Å². The molecule has 2 bridgehead atoms. The second-order valence-electron chi connectivity index (χ2n) is 14.9. The quantitative estimate of drug-likeness (QED) is 0.135. The molecule has 5 rings (SSSR count). The summed E-state index contributed by atoms with van der Waals surface area (Å²) in [5, 5.41) is 2.12. The molecule has 2 aromatic rings. The summed E-state index contributed by atoms with van der Waals surface area (Å²) in [4.78, 5) is 0. The first-order valence-corrected chi connectivity index (χ1v) is 22.4. The summed E-state index contributed by atoms with van der Waals surface area (Å²) in [6, 6.07) is 20.1. The van der Waals surface area contributed by atoms with Crippen molar-refractivity contribution in [1.82, 2.24) is 0 Å². The largest absolute Gasteiger partial charge is 0.390 e. The van der Waals surface area contributed by atoms with Crippen molar-refractivity contribution >= 4 is 34.4 Å². The maximum absolute atomic E-state index is 14.6. The molecule has 0 aromatic heterocycles. The first kappa shape index (κ1) is 30.7. The summed E-state index contributed by atoms with van der Waals surface area (Å²) in [5.41, 5.74) is 1.43. The van der Waals surface area contributed by atoms with Gasteiger partial charge in [0.1, 0.15) is 7.14 Å². The molecule has 0 saturated heterocycles. The first-order valence-electron chi connectivity index (χ1n) is 14.7. The zero-order valence-electron chi connectivity index (χ0n) is 26.0. The van der Waals surface area contributed by atoms with Crippen LogP contribution in [0.2, 0.25) is 36.3 Å². The first-order chi connectivity index (χ1) is 17.9. The summed E-state index contributed by atoms with van der Waals surface area (Å²) < 4.78 is 29.2. The van der Waals surface area contributed by atoms with Crippen LogP contribution in [0.5, 0.6) is 0 Å². The molecule has 39 heavy (non-hydrogen) atoms. The van der Waals surface area contributed by atoms with E-state index in [2.05, 4.69) is 73.8 Å². The van der Waals surface area contributed by atoms with Gasteiger partial charge >= 0.3 is 0 Å². The van der Waals surface area contributed by atoms with Crippen LogP contribution in [-0.2, 0) is 13.4 Å². The van der Waals surface area contributed by atoms with E-state index in [-0.39, 0.29) is 10.1 Å². The molecule has 0 spiro atoms. The zero-order chi connectivity index (χ0) is 28.9. The zero-order valence-corrected chi connectivity index (χ0v) is 28.9. The van der Waals surface area contributed by atoms with E-state index in [4.69, 9.17) is 8.85 Å². The maximum atomic E-state index is 14.6. The number of rotatable bonds is 8. The van der Waals surface area contributed by atoms with Gasteiger partial charge in [0.25, 0.3) is 0 Å². The Hall–Kier alpha value is -1.24. The van der Waals surface area contributed by atoms with E-state index in [0.717, 1.165) is 29.9 Å². The van der Waals surface area contributed by atoms with Crippen LogP contribution in [0, 0.1) is 11.8 Å². The third-order valence-electron chi connectivity index (χ3n) is 10.1. The van der Waals surface area contributed by atoms with Crippen molar-refractivity contribution in [3.63, 3.8) is 0 Å². The van der Waals surface area contributed by atoms with Crippen molar-refractivity contribution in [2.45, 2.75) is 103 Å². The van der Waals surface area contributed by atoms with Crippen LogP contribution < -0.4 is 10.6 Å². The Labute approximate surface area is 240 Å². The lowest BCUT2D eigenvalue weighted by atomic mass is 9.58. The van der Waals surface area contributed by atoms with Crippen LogP contribution >= 0.6 is 7.14 Å². The SMILES string of the molecule is CC(C)(C)[Si](C)(C)OC1(O[Si](C)(C)C(C)(C)C)[C@@H]2CC(=CCP(=O)(c3ccccc3)c3ccccc3)C[C@H]1C2. The molecule has 0 radical (unpaired) electrons. The second kappa shape index (κ2) is 10.5. The Kier molecular flexibility index (Phi) is 8.31. The standard InChI is InChI=1S/C33H51O3PSi2/c1-31(2,3)38(7,8)35-33(36-39(9,10)32(4,5)6)27-23-26(24-28(33)25-27)21-22-37(34,29-17-13-11-14-18-29)30-19-15-12-16-20-30/h11-21,27-28H,22-25H2,1-10H3/t27-,28+. The number of allylic oxidation sites excluding steroid dienone is 2. The number of benzene rings is 2. The summed E-state index contributed by atoms with van der Waals surface area (Å²) in [6.45, 7) is 23.4. The summed E-state index contributed by atoms with van der Waals surface area (Å²) in [7, 11) is -6.88. The molecular formula is C33H51O3PSi2. The molecule has 214 valence electrons. The summed E-state index contributed by atoms with van der Waals surface area (Å²) >= 11 is 0. The van der Waals surface area contributed by atoms with Crippen LogP contribution in [0.25, 0.3) is 0 Å². The smallest absolute Gasteiger partial charge is 0.195 e. The monoisotopic (exact) mass is 582 g/mol. The molecule has 2 aromatic carbocycles. The molecule has 6 heteroatoms. The molecule has 3 saturated carbocycles. The molecule has 0 N–H and O–H groups in total. The Bertz CT molecular complexity index is 1140. The molecule has 0 unspecified atom stereocenters. The van der Waals surface area contributed by atoms with Crippen LogP contribution in [0.1, 0.15) is 60.8 Å². The van der Waals surface area contributed by atoms with E-state index in [9.17, 15) is 4.57 Å². The molecule has 3 aliphatic carbocycles. The highest BCUT2D eigenvalue weighted by molar-refractivity contribution is 7.78. The third-order valence-corrected chi connectivity index (χ3v) is 22.0. The van der Waals surface area contributed by atoms with E-state index >= 15 is 0 Å². The molecule has 3 aliphatic rings. The number of hydrogen-bond acceptors (Lipinski definition) is 3. The van der Waals surface area contributed by atoms with Crippen LogP contribution in [0.3, 0.4) is 0 Å². The minimum Gasteiger partial charge on any atom is -0.390 e. The Balaban J connectivity index is 1.64. The van der Waals surface area contributed by atoms with Crippen LogP contribution in [-0.4, -0.2) is 28.6 Å². The lowest BCUT2D eigenvalue weighted by Gasteiger charge is -2.65. The van der Waals surface area contributed by atoms with Gasteiger partial charge in [0.15, 0.2) is 22.4 Å². The topological polar surface area (TPSA) is 35.5 Å². The summed E-state index contributed by atoms with van der Waals surface area (Å²) in [6.07, 6.45) is 5.99. The fourth-order valence-corrected chi connectivity index (χ4v) is 11.2. The predicted octanol–water partition coefficient (Wildman–Crippen LogP) is 9.10. The van der Waals surface area contributed by atoms with Crippen LogP contribution in [0.4, 0.5) is 0 Å². The fraction of sp³-hybridized carbons (Fsp3) is 0.576. The van der Waals surface area contributed by atoms with Gasteiger partial charge in [-0.05, 0) is 55.5 Å². The van der Waals surface area contributed by atoms with Crippen LogP contribution in [0.15, 0.2) is 72.3 Å². The van der Waals surface area contributed by atoms with Gasteiger partial charge in [-0.1, -0.05) is 114 Å². The lowest BCUT2D eigenvalue weighted by molar-refractivity contribution is -0.281. The molecule has 3 fully saturated rings. The minimum atomic E-state index is -2.76. The molecular weight excluding hydrogens is 532 g/mol. The summed E-state index contributed by atoms with van der Waals surface area (Å²) in [5.74, 6) is 0.239. The van der Waals surface area contributed by atoms with E-state index in [0.29, 0.717) is 18.0 Å². The molecule has 3 nitrogen and oxygen atoms in total. The highest BCUT2D eigenvalue weighted by Crippen LogP contribution is 2.62. The minimum absolute atomic E-state index is 0.122.